The summed E-state index contributed by atoms with van der Waals surface area (Å²) in [5.74, 6) is 0.0389. The van der Waals surface area contributed by atoms with E-state index in [0.717, 1.165) is 0 Å². The highest BCUT2D eigenvalue weighted by Crippen LogP contribution is 1.95. The van der Waals surface area contributed by atoms with Gasteiger partial charge in [0.15, 0.2) is 0 Å². The summed E-state index contributed by atoms with van der Waals surface area (Å²) in [7, 11) is 1.84. The van der Waals surface area contributed by atoms with Gasteiger partial charge in [0, 0.05) is 19.0 Å². The maximum Gasteiger partial charge on any atom is 0.221 e. The maximum absolute atomic E-state index is 11.2. The van der Waals surface area contributed by atoms with Crippen molar-refractivity contribution in [2.75, 3.05) is 13.6 Å². The summed E-state index contributed by atoms with van der Waals surface area (Å²) in [5, 5.41) is 11.4. The van der Waals surface area contributed by atoms with E-state index in [1.54, 1.807) is 0 Å². The van der Waals surface area contributed by atoms with Crippen LogP contribution in [0.5, 0.6) is 0 Å². The lowest BCUT2D eigenvalue weighted by Crippen LogP contribution is -2.35. The Labute approximate surface area is 85.9 Å². The Morgan fingerprint density at radius 2 is 2.07 bits per heavy atom. The predicted octanol–water partition coefficient (Wildman–Crippen LogP) is 0.745. The number of hydrogen-bond donors (Lipinski definition) is 1. The Bertz CT molecular complexity index is 220. The number of nitrogens with zero attached hydrogens (tertiary/aromatic N) is 2. The third-order valence-electron chi connectivity index (χ3n) is 1.99. The summed E-state index contributed by atoms with van der Waals surface area (Å²) in [5.41, 5.74) is 0. The average Bonchev–Trinajstić information content (AvgIpc) is 2.11. The molecule has 0 aromatic heterocycles. The van der Waals surface area contributed by atoms with E-state index in [0.29, 0.717) is 13.0 Å². The molecule has 0 aromatic carbocycles. The van der Waals surface area contributed by atoms with Gasteiger partial charge in [-0.15, -0.1) is 0 Å². The van der Waals surface area contributed by atoms with Crippen molar-refractivity contribution in [3.05, 3.63) is 0 Å². The van der Waals surface area contributed by atoms with Crippen LogP contribution in [-0.2, 0) is 4.79 Å². The molecule has 0 aliphatic heterocycles. The summed E-state index contributed by atoms with van der Waals surface area (Å²) in [6.45, 7) is 6.30. The molecule has 4 heteroatoms. The normalized spacial score (nSPS) is 12.6. The number of nitriles is 1. The highest BCUT2D eigenvalue weighted by atomic mass is 16.1. The van der Waals surface area contributed by atoms with Crippen molar-refractivity contribution in [2.24, 2.45) is 0 Å². The van der Waals surface area contributed by atoms with E-state index >= 15 is 0 Å². The van der Waals surface area contributed by atoms with Crippen molar-refractivity contribution >= 4 is 5.91 Å². The van der Waals surface area contributed by atoms with Crippen molar-refractivity contribution in [1.82, 2.24) is 10.2 Å². The van der Waals surface area contributed by atoms with Gasteiger partial charge in [0.1, 0.15) is 0 Å². The van der Waals surface area contributed by atoms with E-state index in [1.165, 1.54) is 0 Å². The second-order valence-corrected chi connectivity index (χ2v) is 3.76. The highest BCUT2D eigenvalue weighted by Gasteiger charge is 2.09. The zero-order valence-electron chi connectivity index (χ0n) is 9.37. The minimum absolute atomic E-state index is 0.0389. The first kappa shape index (κ1) is 12.9. The number of carbonyl (C=O) groups excluding carboxylic acids is 1. The molecule has 0 rings (SSSR count). The summed E-state index contributed by atoms with van der Waals surface area (Å²) in [6.07, 6.45) is 0.445. The third kappa shape index (κ3) is 5.55. The molecule has 80 valence electrons. The van der Waals surface area contributed by atoms with Crippen molar-refractivity contribution in [3.63, 3.8) is 0 Å². The lowest BCUT2D eigenvalue weighted by atomic mass is 10.3. The molecule has 14 heavy (non-hydrogen) atoms. The van der Waals surface area contributed by atoms with Gasteiger partial charge in [-0.3, -0.25) is 9.69 Å². The minimum atomic E-state index is -0.137. The monoisotopic (exact) mass is 197 g/mol. The van der Waals surface area contributed by atoms with Crippen molar-refractivity contribution in [2.45, 2.75) is 39.3 Å². The molecule has 0 spiro atoms. The molecule has 1 N–H and O–H groups in total. The Balaban J connectivity index is 3.73. The number of hydrogen-bond acceptors (Lipinski definition) is 3. The van der Waals surface area contributed by atoms with Gasteiger partial charge in [-0.05, 0) is 27.8 Å². The minimum Gasteiger partial charge on any atom is -0.354 e. The van der Waals surface area contributed by atoms with Crippen LogP contribution in [0.25, 0.3) is 0 Å². The zero-order chi connectivity index (χ0) is 11.1. The van der Waals surface area contributed by atoms with Crippen molar-refractivity contribution in [3.8, 4) is 6.07 Å². The van der Waals surface area contributed by atoms with E-state index in [2.05, 4.69) is 11.4 Å². The van der Waals surface area contributed by atoms with Crippen LogP contribution in [0.3, 0.4) is 0 Å². The van der Waals surface area contributed by atoms with Gasteiger partial charge in [0.05, 0.1) is 12.1 Å². The molecular formula is C10H19N3O. The molecule has 4 nitrogen and oxygen atoms in total. The summed E-state index contributed by atoms with van der Waals surface area (Å²) < 4.78 is 0. The van der Waals surface area contributed by atoms with Crippen LogP contribution in [0.15, 0.2) is 0 Å². The second-order valence-electron chi connectivity index (χ2n) is 3.76. The first-order chi connectivity index (χ1) is 6.47. The number of rotatable bonds is 5. The molecule has 1 amide bonds. The maximum atomic E-state index is 11.2. The van der Waals surface area contributed by atoms with Crippen LogP contribution in [0.1, 0.15) is 27.2 Å². The number of amides is 1. The Kier molecular flexibility index (Phi) is 5.89. The first-order valence-electron chi connectivity index (χ1n) is 4.86. The highest BCUT2D eigenvalue weighted by molar-refractivity contribution is 5.76. The Morgan fingerprint density at radius 1 is 1.50 bits per heavy atom. The molecule has 0 radical (unpaired) electrons. The molecule has 0 bridgehead atoms. The largest absolute Gasteiger partial charge is 0.354 e. The van der Waals surface area contributed by atoms with Crippen LogP contribution >= 0.6 is 0 Å². The quantitative estimate of drug-likeness (QED) is 0.707. The predicted molar refractivity (Wildman–Crippen MR) is 55.6 cm³/mol. The molecule has 1 atom stereocenters. The van der Waals surface area contributed by atoms with Gasteiger partial charge in [0.2, 0.25) is 5.91 Å². The average molecular weight is 197 g/mol. The van der Waals surface area contributed by atoms with Crippen LogP contribution in [-0.4, -0.2) is 36.5 Å². The van der Waals surface area contributed by atoms with Crippen LogP contribution in [0.2, 0.25) is 0 Å². The fourth-order valence-electron chi connectivity index (χ4n) is 0.964. The van der Waals surface area contributed by atoms with Crippen molar-refractivity contribution < 1.29 is 4.79 Å². The Morgan fingerprint density at radius 3 is 2.50 bits per heavy atom. The molecule has 0 heterocycles. The fourth-order valence-corrected chi connectivity index (χ4v) is 0.964. The second kappa shape index (κ2) is 6.39. The standard InChI is InChI=1S/C10H19N3O/c1-8(2)12-10(14)5-6-13(4)9(3)7-11/h8-9H,5-6H2,1-4H3,(H,12,14). The molecule has 0 fully saturated rings. The van der Waals surface area contributed by atoms with E-state index in [4.69, 9.17) is 5.26 Å². The van der Waals surface area contributed by atoms with Crippen LogP contribution in [0, 0.1) is 11.3 Å². The molecular weight excluding hydrogens is 178 g/mol. The third-order valence-corrected chi connectivity index (χ3v) is 1.99. The molecule has 1 unspecified atom stereocenters. The number of nitrogens with one attached hydrogen (secondary N) is 1. The molecule has 0 aromatic rings. The first-order valence-corrected chi connectivity index (χ1v) is 4.86. The van der Waals surface area contributed by atoms with Gasteiger partial charge >= 0.3 is 0 Å². The van der Waals surface area contributed by atoms with Gasteiger partial charge in [-0.25, -0.2) is 0 Å². The zero-order valence-corrected chi connectivity index (χ0v) is 9.37. The lowest BCUT2D eigenvalue weighted by molar-refractivity contribution is -0.121. The SMILES string of the molecule is CC(C)NC(=O)CCN(C)C(C)C#N. The van der Waals surface area contributed by atoms with E-state index in [-0.39, 0.29) is 18.0 Å². The van der Waals surface area contributed by atoms with Gasteiger partial charge in [0.25, 0.3) is 0 Å². The van der Waals surface area contributed by atoms with Crippen molar-refractivity contribution in [1.29, 1.82) is 5.26 Å². The van der Waals surface area contributed by atoms with E-state index in [1.807, 2.05) is 32.7 Å². The van der Waals surface area contributed by atoms with E-state index < -0.39 is 0 Å². The van der Waals surface area contributed by atoms with Gasteiger partial charge in [-0.1, -0.05) is 0 Å². The van der Waals surface area contributed by atoms with Crippen LogP contribution < -0.4 is 5.32 Å². The van der Waals surface area contributed by atoms with Gasteiger partial charge < -0.3 is 5.32 Å². The fraction of sp³-hybridized carbons (Fsp3) is 0.800. The van der Waals surface area contributed by atoms with Gasteiger partial charge in [-0.2, -0.15) is 5.26 Å². The Hall–Kier alpha value is -1.08. The summed E-state index contributed by atoms with van der Waals surface area (Å²) in [4.78, 5) is 13.1. The topological polar surface area (TPSA) is 56.1 Å². The summed E-state index contributed by atoms with van der Waals surface area (Å²) in [6, 6.07) is 2.17. The number of carbonyl (C=O) groups is 1. The van der Waals surface area contributed by atoms with Crippen LogP contribution in [0.4, 0.5) is 0 Å². The summed E-state index contributed by atoms with van der Waals surface area (Å²) >= 11 is 0. The molecule has 0 saturated carbocycles. The molecule has 0 aliphatic carbocycles. The smallest absolute Gasteiger partial charge is 0.221 e. The van der Waals surface area contributed by atoms with E-state index in [9.17, 15) is 4.79 Å². The molecule has 0 aliphatic rings. The lowest BCUT2D eigenvalue weighted by Gasteiger charge is -2.18. The molecule has 0 saturated heterocycles.